The van der Waals surface area contributed by atoms with E-state index in [2.05, 4.69) is 9.72 Å². The maximum Gasteiger partial charge on any atom is 0.442 e. The molecule has 0 fully saturated rings. The number of hydrogen-bond acceptors (Lipinski definition) is 7. The smallest absolute Gasteiger partial charge is 0.442 e. The first-order valence-electron chi connectivity index (χ1n) is 7.83. The van der Waals surface area contributed by atoms with E-state index >= 15 is 0 Å². The number of ether oxygens (including phenoxy) is 1. The van der Waals surface area contributed by atoms with E-state index in [1.165, 1.54) is 6.07 Å². The molecular formula is C17H14F3N3O4S. The van der Waals surface area contributed by atoms with Gasteiger partial charge in [0.05, 0.1) is 23.6 Å². The van der Waals surface area contributed by atoms with Crippen LogP contribution in [0.1, 0.15) is 16.1 Å². The van der Waals surface area contributed by atoms with Crippen LogP contribution in [0.2, 0.25) is 0 Å². The van der Waals surface area contributed by atoms with Crippen LogP contribution in [0.4, 0.5) is 18.3 Å². The first-order chi connectivity index (χ1) is 13.2. The maximum atomic E-state index is 14.0. The molecule has 1 unspecified atom stereocenters. The largest absolute Gasteiger partial charge is 0.466 e. The fourth-order valence-corrected chi connectivity index (χ4v) is 3.48. The van der Waals surface area contributed by atoms with Crippen LogP contribution >= 0.6 is 11.3 Å². The number of esters is 1. The first kappa shape index (κ1) is 19.7. The summed E-state index contributed by atoms with van der Waals surface area (Å²) in [5.74, 6) is -3.41. The number of hydrogen-bond donors (Lipinski definition) is 2. The lowest BCUT2D eigenvalue weighted by Crippen LogP contribution is -2.69. The third-order valence-corrected chi connectivity index (χ3v) is 4.81. The van der Waals surface area contributed by atoms with Gasteiger partial charge in [0.2, 0.25) is 0 Å². The SMILES string of the molecule is COC(=O)C(NC(=O)c1ccco1)(Nc1nc2c(C)cccc2s1)C(F)(F)F. The standard InChI is InChI=1S/C17H14F3N3O4S/c1-9-5-3-7-11-12(9)21-15(28-11)23-16(14(25)26-2,17(18,19)20)22-13(24)10-6-4-8-27-10/h3-8H,1-2H3,(H,21,23)(H,22,24). The zero-order valence-corrected chi connectivity index (χ0v) is 15.4. The molecule has 0 radical (unpaired) electrons. The lowest BCUT2D eigenvalue weighted by atomic mass is 10.1. The summed E-state index contributed by atoms with van der Waals surface area (Å²) in [4.78, 5) is 28.6. The number of carbonyl (C=O) groups excluding carboxylic acids is 2. The van der Waals surface area contributed by atoms with Crippen LogP contribution < -0.4 is 10.6 Å². The Hall–Kier alpha value is -3.08. The molecule has 0 aliphatic heterocycles. The molecule has 2 aromatic heterocycles. The molecule has 11 heteroatoms. The number of alkyl halides is 3. The molecule has 3 aromatic rings. The summed E-state index contributed by atoms with van der Waals surface area (Å²) in [6, 6.07) is 7.65. The quantitative estimate of drug-likeness (QED) is 0.492. The van der Waals surface area contributed by atoms with E-state index < -0.39 is 29.5 Å². The Morgan fingerprint density at radius 3 is 2.54 bits per heavy atom. The summed E-state index contributed by atoms with van der Waals surface area (Å²) in [6.45, 7) is 1.75. The lowest BCUT2D eigenvalue weighted by molar-refractivity contribution is -0.203. The third-order valence-electron chi connectivity index (χ3n) is 3.88. The van der Waals surface area contributed by atoms with E-state index in [0.29, 0.717) is 10.2 Å². The second-order valence-electron chi connectivity index (χ2n) is 5.74. The molecule has 0 aliphatic rings. The highest BCUT2D eigenvalue weighted by molar-refractivity contribution is 7.22. The Morgan fingerprint density at radius 1 is 1.21 bits per heavy atom. The monoisotopic (exact) mass is 413 g/mol. The Kier molecular flexibility index (Phi) is 5.02. The number of furan rings is 1. The van der Waals surface area contributed by atoms with E-state index in [1.807, 2.05) is 5.32 Å². The molecule has 3 rings (SSSR count). The number of anilines is 1. The molecular weight excluding hydrogens is 399 g/mol. The molecule has 28 heavy (non-hydrogen) atoms. The number of fused-ring (bicyclic) bond motifs is 1. The predicted molar refractivity (Wildman–Crippen MR) is 95.0 cm³/mol. The second kappa shape index (κ2) is 7.15. The molecule has 2 N–H and O–H groups in total. The number of thiazole rings is 1. The summed E-state index contributed by atoms with van der Waals surface area (Å²) in [7, 11) is 0.784. The van der Waals surface area contributed by atoms with Crippen molar-refractivity contribution in [3.05, 3.63) is 47.9 Å². The summed E-state index contributed by atoms with van der Waals surface area (Å²) < 4.78 is 51.8. The van der Waals surface area contributed by atoms with E-state index in [9.17, 15) is 22.8 Å². The summed E-state index contributed by atoms with van der Waals surface area (Å²) in [6.07, 6.45) is -4.14. The van der Waals surface area contributed by atoms with Crippen molar-refractivity contribution in [1.29, 1.82) is 0 Å². The van der Waals surface area contributed by atoms with E-state index in [-0.39, 0.29) is 5.13 Å². The number of aromatic nitrogens is 1. The van der Waals surface area contributed by atoms with Gasteiger partial charge in [-0.1, -0.05) is 23.5 Å². The lowest BCUT2D eigenvalue weighted by Gasteiger charge is -2.33. The number of para-hydroxylation sites is 1. The number of aryl methyl sites for hydroxylation is 1. The highest BCUT2D eigenvalue weighted by Crippen LogP contribution is 2.36. The number of halogens is 3. The van der Waals surface area contributed by atoms with Crippen molar-refractivity contribution in [2.24, 2.45) is 0 Å². The zero-order chi connectivity index (χ0) is 20.5. The van der Waals surface area contributed by atoms with Gasteiger partial charge in [-0.2, -0.15) is 13.2 Å². The van der Waals surface area contributed by atoms with Crippen molar-refractivity contribution < 1.29 is 31.9 Å². The first-order valence-corrected chi connectivity index (χ1v) is 8.65. The average molecular weight is 413 g/mol. The van der Waals surface area contributed by atoms with Crippen molar-refractivity contribution in [2.45, 2.75) is 18.8 Å². The molecule has 7 nitrogen and oxygen atoms in total. The van der Waals surface area contributed by atoms with Crippen LogP contribution in [0, 0.1) is 6.92 Å². The molecule has 1 atom stereocenters. The second-order valence-corrected chi connectivity index (χ2v) is 6.77. The number of carbonyl (C=O) groups is 2. The summed E-state index contributed by atoms with van der Waals surface area (Å²) >= 11 is 0.902. The topological polar surface area (TPSA) is 93.5 Å². The summed E-state index contributed by atoms with van der Waals surface area (Å²) in [5, 5.41) is 3.47. The fourth-order valence-electron chi connectivity index (χ4n) is 2.48. The van der Waals surface area contributed by atoms with Crippen molar-refractivity contribution in [3.63, 3.8) is 0 Å². The Morgan fingerprint density at radius 2 is 1.96 bits per heavy atom. The molecule has 148 valence electrons. The van der Waals surface area contributed by atoms with E-state index in [1.54, 1.807) is 30.4 Å². The predicted octanol–water partition coefficient (Wildman–Crippen LogP) is 3.47. The Labute approximate surface area is 160 Å². The normalized spacial score (nSPS) is 13.8. The van der Waals surface area contributed by atoms with Crippen molar-refractivity contribution in [1.82, 2.24) is 10.3 Å². The minimum absolute atomic E-state index is 0.216. The van der Waals surface area contributed by atoms with Gasteiger partial charge >= 0.3 is 17.8 Å². The number of benzene rings is 1. The number of nitrogens with one attached hydrogen (secondary N) is 2. The van der Waals surface area contributed by atoms with Crippen molar-refractivity contribution in [3.8, 4) is 0 Å². The molecule has 0 saturated heterocycles. The molecule has 0 aliphatic carbocycles. The highest BCUT2D eigenvalue weighted by atomic mass is 32.1. The molecule has 0 spiro atoms. The van der Waals surface area contributed by atoms with Crippen molar-refractivity contribution >= 4 is 38.6 Å². The van der Waals surface area contributed by atoms with Gasteiger partial charge in [-0.05, 0) is 30.7 Å². The van der Waals surface area contributed by atoms with Gasteiger partial charge in [0.25, 0.3) is 5.91 Å². The van der Waals surface area contributed by atoms with Gasteiger partial charge in [0, 0.05) is 0 Å². The van der Waals surface area contributed by atoms with Gasteiger partial charge in [-0.15, -0.1) is 0 Å². The maximum absolute atomic E-state index is 14.0. The van der Waals surface area contributed by atoms with Crippen LogP contribution in [-0.4, -0.2) is 35.8 Å². The van der Waals surface area contributed by atoms with Crippen LogP contribution in [-0.2, 0) is 9.53 Å². The van der Waals surface area contributed by atoms with Gasteiger partial charge in [0.15, 0.2) is 10.9 Å². The van der Waals surface area contributed by atoms with Gasteiger partial charge in [0.1, 0.15) is 0 Å². The fraction of sp³-hybridized carbons (Fsp3) is 0.235. The highest BCUT2D eigenvalue weighted by Gasteiger charge is 2.64. The third kappa shape index (κ3) is 3.40. The van der Waals surface area contributed by atoms with Crippen molar-refractivity contribution in [2.75, 3.05) is 12.4 Å². The molecule has 1 amide bonds. The van der Waals surface area contributed by atoms with Gasteiger partial charge in [-0.25, -0.2) is 9.78 Å². The number of methoxy groups -OCH3 is 1. The van der Waals surface area contributed by atoms with E-state index in [0.717, 1.165) is 36.3 Å². The number of amides is 1. The van der Waals surface area contributed by atoms with Crippen LogP contribution in [0.5, 0.6) is 0 Å². The number of nitrogens with zero attached hydrogens (tertiary/aromatic N) is 1. The number of rotatable bonds is 5. The molecule has 0 bridgehead atoms. The molecule has 1 aromatic carbocycles. The van der Waals surface area contributed by atoms with Crippen LogP contribution in [0.3, 0.4) is 0 Å². The average Bonchev–Trinajstić information content (AvgIpc) is 3.29. The van der Waals surface area contributed by atoms with Crippen LogP contribution in [0.25, 0.3) is 10.2 Å². The molecule has 0 saturated carbocycles. The minimum atomic E-state index is -5.25. The Bertz CT molecular complexity index is 1020. The van der Waals surface area contributed by atoms with Gasteiger partial charge in [-0.3, -0.25) is 4.79 Å². The van der Waals surface area contributed by atoms with E-state index in [4.69, 9.17) is 4.42 Å². The van der Waals surface area contributed by atoms with Crippen LogP contribution in [0.15, 0.2) is 41.0 Å². The van der Waals surface area contributed by atoms with Gasteiger partial charge < -0.3 is 19.8 Å². The minimum Gasteiger partial charge on any atom is -0.466 e. The Balaban J connectivity index is 2.07. The summed E-state index contributed by atoms with van der Waals surface area (Å²) in [5.41, 5.74) is -2.33. The zero-order valence-electron chi connectivity index (χ0n) is 14.6. The molecule has 2 heterocycles.